The maximum atomic E-state index is 14.0. The van der Waals surface area contributed by atoms with E-state index >= 15 is 0 Å². The maximum absolute atomic E-state index is 14.0. The Hall–Kier alpha value is -6.16. The number of aromatic nitrogens is 2. The zero-order valence-electron chi connectivity index (χ0n) is 30.8. The van der Waals surface area contributed by atoms with E-state index in [0.29, 0.717) is 37.1 Å². The van der Waals surface area contributed by atoms with Gasteiger partial charge in [0, 0.05) is 36.8 Å². The van der Waals surface area contributed by atoms with Crippen LogP contribution < -0.4 is 9.47 Å². The summed E-state index contributed by atoms with van der Waals surface area (Å²) >= 11 is 0. The molecule has 272 valence electrons. The van der Waals surface area contributed by atoms with Crippen LogP contribution in [-0.2, 0) is 26.3 Å². The Kier molecular flexibility index (Phi) is 11.5. The maximum Gasteiger partial charge on any atom is 0.321 e. The minimum Gasteiger partial charge on any atom is -0.482 e. The van der Waals surface area contributed by atoms with E-state index in [9.17, 15) is 10.1 Å². The number of likely N-dealkylation sites (tertiary alicyclic amines) is 1. The first kappa shape index (κ1) is 36.2. The van der Waals surface area contributed by atoms with E-state index in [2.05, 4.69) is 69.2 Å². The molecule has 1 aromatic heterocycles. The monoisotopic (exact) mass is 716 g/mol. The van der Waals surface area contributed by atoms with Crippen LogP contribution in [0.5, 0.6) is 11.6 Å². The smallest absolute Gasteiger partial charge is 0.321 e. The molecule has 2 aliphatic heterocycles. The van der Waals surface area contributed by atoms with Crippen LogP contribution >= 0.6 is 0 Å². The predicted octanol–water partition coefficient (Wildman–Crippen LogP) is 7.77. The number of carbonyl (C=O) groups excluding carboxylic acids is 1. The van der Waals surface area contributed by atoms with Gasteiger partial charge >= 0.3 is 6.03 Å². The lowest BCUT2D eigenvalue weighted by molar-refractivity contribution is 0.171. The van der Waals surface area contributed by atoms with Crippen LogP contribution in [0.4, 0.5) is 4.79 Å². The molecule has 9 heteroatoms. The average molecular weight is 717 g/mol. The Morgan fingerprint density at radius 2 is 1.39 bits per heavy atom. The highest BCUT2D eigenvalue weighted by atomic mass is 16.5. The van der Waals surface area contributed by atoms with E-state index in [4.69, 9.17) is 9.47 Å². The van der Waals surface area contributed by atoms with E-state index in [1.807, 2.05) is 96.4 Å². The molecule has 2 saturated heterocycles. The summed E-state index contributed by atoms with van der Waals surface area (Å²) in [7, 11) is 0. The van der Waals surface area contributed by atoms with Gasteiger partial charge in [0.25, 0.3) is 5.88 Å². The van der Waals surface area contributed by atoms with Gasteiger partial charge in [0.2, 0.25) is 5.75 Å². The van der Waals surface area contributed by atoms with E-state index in [1.54, 1.807) is 0 Å². The quantitative estimate of drug-likeness (QED) is 0.122. The average Bonchev–Trinajstić information content (AvgIpc) is 3.80. The number of hydrogen-bond donors (Lipinski definition) is 0. The topological polar surface area (TPSA) is 94.8 Å². The molecule has 54 heavy (non-hydrogen) atoms. The first-order chi connectivity index (χ1) is 26.4. The molecule has 2 atom stereocenters. The van der Waals surface area contributed by atoms with Gasteiger partial charge in [-0.15, -0.1) is 0 Å². The van der Waals surface area contributed by atoms with E-state index < -0.39 is 0 Å². The highest BCUT2D eigenvalue weighted by Crippen LogP contribution is 2.35. The van der Waals surface area contributed by atoms with Gasteiger partial charge in [-0.1, -0.05) is 96.8 Å². The Morgan fingerprint density at radius 1 is 0.759 bits per heavy atom. The normalized spacial score (nSPS) is 17.0. The number of amides is 2. The molecule has 5 aromatic rings. The molecule has 7 rings (SSSR count). The van der Waals surface area contributed by atoms with Crippen molar-refractivity contribution < 1.29 is 14.3 Å². The molecule has 0 saturated carbocycles. The SMILES string of the molecule is CC(C)N1C(=O)N(Cc2ncnc(OCc3ccccc3)c2OCc2ccccc2)CC1c1ccc(C#Cc2ccc(CN3CCC(C#N)C3)cc2)cc1. The molecule has 2 amide bonds. The summed E-state index contributed by atoms with van der Waals surface area (Å²) in [6.45, 7) is 8.12. The van der Waals surface area contributed by atoms with Crippen molar-refractivity contribution in [2.75, 3.05) is 19.6 Å². The van der Waals surface area contributed by atoms with E-state index in [-0.39, 0.29) is 30.6 Å². The number of rotatable bonds is 12. The molecule has 2 aliphatic rings. The van der Waals surface area contributed by atoms with Gasteiger partial charge in [0.05, 0.1) is 24.6 Å². The zero-order chi connectivity index (χ0) is 37.3. The van der Waals surface area contributed by atoms with Crippen molar-refractivity contribution in [1.82, 2.24) is 24.7 Å². The third kappa shape index (κ3) is 8.89. The number of nitriles is 1. The summed E-state index contributed by atoms with van der Waals surface area (Å²) in [5.41, 5.74) is 6.73. The fourth-order valence-corrected chi connectivity index (χ4v) is 7.01. The fourth-order valence-electron chi connectivity index (χ4n) is 7.01. The van der Waals surface area contributed by atoms with Gasteiger partial charge in [-0.25, -0.2) is 9.78 Å². The molecule has 0 spiro atoms. The van der Waals surface area contributed by atoms with Crippen LogP contribution in [0.2, 0.25) is 0 Å². The Morgan fingerprint density at radius 3 is 2.00 bits per heavy atom. The zero-order valence-corrected chi connectivity index (χ0v) is 30.8. The van der Waals surface area contributed by atoms with Crippen LogP contribution in [0.15, 0.2) is 116 Å². The minimum absolute atomic E-state index is 0.0165. The van der Waals surface area contributed by atoms with E-state index in [1.165, 1.54) is 11.9 Å². The molecule has 0 N–H and O–H groups in total. The number of carbonyl (C=O) groups is 1. The minimum atomic E-state index is -0.143. The van der Waals surface area contributed by atoms with Crippen LogP contribution in [0.25, 0.3) is 0 Å². The van der Waals surface area contributed by atoms with Crippen molar-refractivity contribution in [2.45, 2.75) is 58.7 Å². The first-order valence-corrected chi connectivity index (χ1v) is 18.5. The lowest BCUT2D eigenvalue weighted by atomic mass is 10.0. The van der Waals surface area contributed by atoms with Gasteiger partial charge in [-0.2, -0.15) is 10.2 Å². The predicted molar refractivity (Wildman–Crippen MR) is 207 cm³/mol. The van der Waals surface area contributed by atoms with Gasteiger partial charge in [-0.05, 0) is 73.3 Å². The molecule has 0 bridgehead atoms. The highest BCUT2D eigenvalue weighted by Gasteiger charge is 2.40. The lowest BCUT2D eigenvalue weighted by Crippen LogP contribution is -2.37. The van der Waals surface area contributed by atoms with Crippen molar-refractivity contribution in [3.63, 3.8) is 0 Å². The second kappa shape index (κ2) is 17.1. The largest absolute Gasteiger partial charge is 0.482 e. The van der Waals surface area contributed by atoms with Crippen molar-refractivity contribution in [1.29, 1.82) is 5.26 Å². The second-order valence-corrected chi connectivity index (χ2v) is 14.1. The van der Waals surface area contributed by atoms with Crippen LogP contribution in [0, 0.1) is 29.1 Å². The molecule has 2 unspecified atom stereocenters. The molecule has 9 nitrogen and oxygen atoms in total. The molecular formula is C45H44N6O3. The fraction of sp³-hybridized carbons (Fsp3) is 0.289. The molecule has 4 aromatic carbocycles. The van der Waals surface area contributed by atoms with Crippen LogP contribution in [0.3, 0.4) is 0 Å². The standard InChI is InChI=1S/C45H44N6O3/c1-33(2)51-42(40-21-19-35(20-22-40)14-13-34-15-17-36(18-16-34)26-49-24-23-39(25-46)27-49)29-50(45(51)52)28-41-43(53-30-37-9-5-3-6-10-37)44(48-32-47-41)54-31-38-11-7-4-8-12-38/h3-12,15-22,32-33,39,42H,23-24,26-31H2,1-2H3. The van der Waals surface area contributed by atoms with Gasteiger partial charge in [0.1, 0.15) is 25.2 Å². The van der Waals surface area contributed by atoms with Crippen molar-refractivity contribution >= 4 is 6.03 Å². The second-order valence-electron chi connectivity index (χ2n) is 14.1. The number of ether oxygens (including phenoxy) is 2. The summed E-state index contributed by atoms with van der Waals surface area (Å²) in [4.78, 5) is 29.1. The Bertz CT molecular complexity index is 2120. The van der Waals surface area contributed by atoms with Crippen LogP contribution in [0.1, 0.15) is 65.4 Å². The number of urea groups is 1. The Balaban J connectivity index is 1.04. The third-order valence-electron chi connectivity index (χ3n) is 9.87. The van der Waals surface area contributed by atoms with Gasteiger partial charge in [-0.3, -0.25) is 4.90 Å². The molecule has 3 heterocycles. The summed E-state index contributed by atoms with van der Waals surface area (Å²) < 4.78 is 12.5. The van der Waals surface area contributed by atoms with Gasteiger partial charge < -0.3 is 19.3 Å². The van der Waals surface area contributed by atoms with Gasteiger partial charge in [0.15, 0.2) is 0 Å². The first-order valence-electron chi connectivity index (χ1n) is 18.5. The third-order valence-corrected chi connectivity index (χ3v) is 9.87. The van der Waals surface area contributed by atoms with Crippen molar-refractivity contribution in [3.05, 3.63) is 155 Å². The molecular weight excluding hydrogens is 673 g/mol. The molecule has 2 fully saturated rings. The van der Waals surface area contributed by atoms with Crippen molar-refractivity contribution in [3.8, 4) is 29.5 Å². The summed E-state index contributed by atoms with van der Waals surface area (Å²) in [5.74, 6) is 7.51. The number of nitrogens with zero attached hydrogens (tertiary/aromatic N) is 6. The number of benzene rings is 4. The van der Waals surface area contributed by atoms with E-state index in [0.717, 1.165) is 53.9 Å². The molecule has 0 radical (unpaired) electrons. The summed E-state index contributed by atoms with van der Waals surface area (Å²) in [6, 6.07) is 38.5. The van der Waals surface area contributed by atoms with Crippen LogP contribution in [-0.4, -0.2) is 56.4 Å². The number of hydrogen-bond acceptors (Lipinski definition) is 7. The Labute approximate surface area is 317 Å². The molecule has 0 aliphatic carbocycles. The lowest BCUT2D eigenvalue weighted by Gasteiger charge is -2.27. The van der Waals surface area contributed by atoms with Crippen molar-refractivity contribution in [2.24, 2.45) is 5.92 Å². The summed E-state index contributed by atoms with van der Waals surface area (Å²) in [5, 5.41) is 9.19. The highest BCUT2D eigenvalue weighted by molar-refractivity contribution is 5.78. The summed E-state index contributed by atoms with van der Waals surface area (Å²) in [6.07, 6.45) is 2.42.